The first-order valence-corrected chi connectivity index (χ1v) is 7.00. The quantitative estimate of drug-likeness (QED) is 0.586. The summed E-state index contributed by atoms with van der Waals surface area (Å²) in [6.45, 7) is 4.26. The Bertz CT molecular complexity index is 484. The third-order valence-corrected chi connectivity index (χ3v) is 4.22. The summed E-state index contributed by atoms with van der Waals surface area (Å²) in [5.41, 5.74) is 2.35. The second-order valence-corrected chi connectivity index (χ2v) is 5.66. The lowest BCUT2D eigenvalue weighted by molar-refractivity contribution is -0.385. The van der Waals surface area contributed by atoms with Gasteiger partial charge >= 0.3 is 0 Å². The number of hydrogen-bond acceptors (Lipinski definition) is 4. The molecule has 0 aliphatic heterocycles. The van der Waals surface area contributed by atoms with Crippen molar-refractivity contribution in [1.29, 1.82) is 0 Å². The van der Waals surface area contributed by atoms with Crippen molar-refractivity contribution in [3.63, 3.8) is 0 Å². The minimum Gasteiger partial charge on any atom is -0.385 e. The molecule has 0 aromatic heterocycles. The van der Waals surface area contributed by atoms with Gasteiger partial charge in [-0.05, 0) is 37.2 Å². The summed E-state index contributed by atoms with van der Waals surface area (Å²) >= 11 is 0. The minimum atomic E-state index is -0.320. The number of ether oxygens (including phenoxy) is 1. The summed E-state index contributed by atoms with van der Waals surface area (Å²) in [6.07, 6.45) is 3.58. The molecule has 1 fully saturated rings. The Labute approximate surface area is 119 Å². The molecule has 0 spiro atoms. The number of hydrogen-bond donors (Lipinski definition) is 1. The van der Waals surface area contributed by atoms with Crippen LogP contribution in [0.25, 0.3) is 0 Å². The van der Waals surface area contributed by atoms with Crippen molar-refractivity contribution in [3.8, 4) is 0 Å². The molecule has 5 nitrogen and oxygen atoms in total. The van der Waals surface area contributed by atoms with E-state index in [4.69, 9.17) is 4.74 Å². The lowest BCUT2D eigenvalue weighted by atomic mass is 10.0. The summed E-state index contributed by atoms with van der Waals surface area (Å²) in [5, 5.41) is 14.3. The second kappa shape index (κ2) is 6.33. The van der Waals surface area contributed by atoms with E-state index in [-0.39, 0.29) is 10.6 Å². The Balaban J connectivity index is 1.89. The van der Waals surface area contributed by atoms with Crippen LogP contribution in [0.15, 0.2) is 18.2 Å². The van der Waals surface area contributed by atoms with Gasteiger partial charge in [0.25, 0.3) is 5.69 Å². The minimum absolute atomic E-state index is 0.199. The van der Waals surface area contributed by atoms with Crippen LogP contribution in [0.1, 0.15) is 30.4 Å². The van der Waals surface area contributed by atoms with Gasteiger partial charge in [0.1, 0.15) is 0 Å². The van der Waals surface area contributed by atoms with E-state index in [2.05, 4.69) is 5.32 Å². The lowest BCUT2D eigenvalue weighted by Gasteiger charge is -2.16. The molecule has 0 bridgehead atoms. The highest BCUT2D eigenvalue weighted by Crippen LogP contribution is 2.48. The van der Waals surface area contributed by atoms with Gasteiger partial charge < -0.3 is 10.1 Å². The number of rotatable bonds is 8. The van der Waals surface area contributed by atoms with Gasteiger partial charge in [0, 0.05) is 38.4 Å². The van der Waals surface area contributed by atoms with Gasteiger partial charge in [-0.3, -0.25) is 10.1 Å². The van der Waals surface area contributed by atoms with Crippen molar-refractivity contribution in [2.45, 2.75) is 32.7 Å². The SMILES string of the molecule is COCCC1(CNCc2cccc([N+](=O)[O-])c2C)CC1. The van der Waals surface area contributed by atoms with Crippen molar-refractivity contribution in [1.82, 2.24) is 5.32 Å². The van der Waals surface area contributed by atoms with E-state index in [0.29, 0.717) is 12.0 Å². The molecule has 0 amide bonds. The van der Waals surface area contributed by atoms with E-state index in [9.17, 15) is 10.1 Å². The van der Waals surface area contributed by atoms with Crippen LogP contribution in [0.4, 0.5) is 5.69 Å². The highest BCUT2D eigenvalue weighted by molar-refractivity contribution is 5.44. The molecule has 1 N–H and O–H groups in total. The molecule has 0 heterocycles. The maximum Gasteiger partial charge on any atom is 0.272 e. The fraction of sp³-hybridized carbons (Fsp3) is 0.600. The molecule has 110 valence electrons. The predicted molar refractivity (Wildman–Crippen MR) is 77.7 cm³/mol. The Hall–Kier alpha value is -1.46. The fourth-order valence-electron chi connectivity index (χ4n) is 2.53. The number of nitrogens with one attached hydrogen (secondary N) is 1. The predicted octanol–water partition coefficient (Wildman–Crippen LogP) is 2.81. The van der Waals surface area contributed by atoms with Gasteiger partial charge in [-0.1, -0.05) is 12.1 Å². The average molecular weight is 278 g/mol. The van der Waals surface area contributed by atoms with Crippen molar-refractivity contribution in [2.75, 3.05) is 20.3 Å². The van der Waals surface area contributed by atoms with Crippen molar-refractivity contribution in [3.05, 3.63) is 39.4 Å². The topological polar surface area (TPSA) is 64.4 Å². The molecule has 1 aromatic rings. The number of methoxy groups -OCH3 is 1. The van der Waals surface area contributed by atoms with Crippen LogP contribution in [0, 0.1) is 22.5 Å². The second-order valence-electron chi connectivity index (χ2n) is 5.66. The maximum absolute atomic E-state index is 10.9. The van der Waals surface area contributed by atoms with E-state index in [1.54, 1.807) is 19.2 Å². The van der Waals surface area contributed by atoms with Crippen molar-refractivity contribution in [2.24, 2.45) is 5.41 Å². The first kappa shape index (κ1) is 14.9. The average Bonchev–Trinajstić information content (AvgIpc) is 3.18. The van der Waals surface area contributed by atoms with E-state index >= 15 is 0 Å². The summed E-state index contributed by atoms with van der Waals surface area (Å²) in [5.74, 6) is 0. The van der Waals surface area contributed by atoms with Crippen LogP contribution in [-0.4, -0.2) is 25.2 Å². The standard InChI is InChI=1S/C15H22N2O3/c1-12-13(4-3-5-14(12)17(18)19)10-16-11-15(6-7-15)8-9-20-2/h3-5,16H,6-11H2,1-2H3. The van der Waals surface area contributed by atoms with Gasteiger partial charge in [-0.15, -0.1) is 0 Å². The van der Waals surface area contributed by atoms with Crippen LogP contribution >= 0.6 is 0 Å². The molecule has 20 heavy (non-hydrogen) atoms. The summed E-state index contributed by atoms with van der Waals surface area (Å²) in [7, 11) is 1.73. The number of nitro benzene ring substituents is 1. The summed E-state index contributed by atoms with van der Waals surface area (Å²) in [4.78, 5) is 10.6. The molecule has 1 saturated carbocycles. The Morgan fingerprint density at radius 2 is 2.20 bits per heavy atom. The molecule has 1 aromatic carbocycles. The maximum atomic E-state index is 10.9. The van der Waals surface area contributed by atoms with E-state index in [1.165, 1.54) is 12.8 Å². The van der Waals surface area contributed by atoms with E-state index < -0.39 is 0 Å². The molecule has 2 rings (SSSR count). The van der Waals surface area contributed by atoms with E-state index in [0.717, 1.165) is 30.7 Å². The lowest BCUT2D eigenvalue weighted by Crippen LogP contribution is -2.25. The zero-order chi connectivity index (χ0) is 14.6. The highest BCUT2D eigenvalue weighted by Gasteiger charge is 2.41. The molecule has 5 heteroatoms. The molecule has 0 unspecified atom stereocenters. The fourth-order valence-corrected chi connectivity index (χ4v) is 2.53. The molecule has 0 saturated heterocycles. The number of nitrogens with zero attached hydrogens (tertiary/aromatic N) is 1. The zero-order valence-electron chi connectivity index (χ0n) is 12.1. The molecule has 0 radical (unpaired) electrons. The van der Waals surface area contributed by atoms with Crippen LogP contribution in [-0.2, 0) is 11.3 Å². The largest absolute Gasteiger partial charge is 0.385 e. The van der Waals surface area contributed by atoms with Crippen LogP contribution in [0.2, 0.25) is 0 Å². The first-order valence-electron chi connectivity index (χ1n) is 7.00. The third kappa shape index (κ3) is 3.55. The van der Waals surface area contributed by atoms with Crippen molar-refractivity contribution >= 4 is 5.69 Å². The van der Waals surface area contributed by atoms with Gasteiger partial charge in [-0.2, -0.15) is 0 Å². The molecular formula is C15H22N2O3. The summed E-state index contributed by atoms with van der Waals surface area (Å²) in [6, 6.07) is 5.25. The Morgan fingerprint density at radius 3 is 2.80 bits per heavy atom. The zero-order valence-corrected chi connectivity index (χ0v) is 12.1. The Kier molecular flexibility index (Phi) is 4.73. The summed E-state index contributed by atoms with van der Waals surface area (Å²) < 4.78 is 5.14. The molecular weight excluding hydrogens is 256 g/mol. The van der Waals surface area contributed by atoms with Gasteiger partial charge in [0.05, 0.1) is 4.92 Å². The number of benzene rings is 1. The third-order valence-electron chi connectivity index (χ3n) is 4.22. The molecule has 1 aliphatic carbocycles. The van der Waals surface area contributed by atoms with Crippen LogP contribution in [0.5, 0.6) is 0 Å². The molecule has 1 aliphatic rings. The van der Waals surface area contributed by atoms with E-state index in [1.807, 2.05) is 13.0 Å². The van der Waals surface area contributed by atoms with Crippen LogP contribution < -0.4 is 5.32 Å². The number of nitro groups is 1. The normalized spacial score (nSPS) is 16.1. The van der Waals surface area contributed by atoms with Gasteiger partial charge in [0.2, 0.25) is 0 Å². The highest BCUT2D eigenvalue weighted by atomic mass is 16.6. The Morgan fingerprint density at radius 1 is 1.45 bits per heavy atom. The monoisotopic (exact) mass is 278 g/mol. The van der Waals surface area contributed by atoms with Gasteiger partial charge in [0.15, 0.2) is 0 Å². The smallest absolute Gasteiger partial charge is 0.272 e. The van der Waals surface area contributed by atoms with Gasteiger partial charge in [-0.25, -0.2) is 0 Å². The first-order chi connectivity index (χ1) is 9.58. The van der Waals surface area contributed by atoms with Crippen LogP contribution in [0.3, 0.4) is 0 Å². The van der Waals surface area contributed by atoms with Crippen molar-refractivity contribution < 1.29 is 9.66 Å². The molecule has 0 atom stereocenters.